The van der Waals surface area contributed by atoms with E-state index < -0.39 is 24.0 Å². The van der Waals surface area contributed by atoms with Gasteiger partial charge in [0, 0.05) is 13.6 Å². The highest BCUT2D eigenvalue weighted by Crippen LogP contribution is 2.37. The van der Waals surface area contributed by atoms with Gasteiger partial charge in [-0.2, -0.15) is 0 Å². The third kappa shape index (κ3) is 4.34. The summed E-state index contributed by atoms with van der Waals surface area (Å²) in [5.74, 6) is -2.41. The Morgan fingerprint density at radius 2 is 1.72 bits per heavy atom. The number of fused-ring (bicyclic) bond motifs is 1. The summed E-state index contributed by atoms with van der Waals surface area (Å²) in [6.07, 6.45) is 1.97. The number of hydrogen-bond acceptors (Lipinski definition) is 6. The Morgan fingerprint density at radius 3 is 2.24 bits per heavy atom. The standard InChI is InChI=1S/C16H23N3O6/c1-9(13(21)18-16(24)17-2)25-12(20)7-8-19-14(22)10-5-3-4-6-11(10)15(19)23/h9-11H,3-8H2,1-2H3,(H2,17,18,21,24)/t9-,10-,11+/m1/s1. The first-order valence-electron chi connectivity index (χ1n) is 8.42. The highest BCUT2D eigenvalue weighted by Gasteiger charge is 2.47. The number of amides is 5. The van der Waals surface area contributed by atoms with Gasteiger partial charge in [-0.25, -0.2) is 4.79 Å². The van der Waals surface area contributed by atoms with Crippen molar-refractivity contribution >= 4 is 29.7 Å². The quantitative estimate of drug-likeness (QED) is 0.527. The van der Waals surface area contributed by atoms with Gasteiger partial charge in [-0.05, 0) is 19.8 Å². The van der Waals surface area contributed by atoms with Gasteiger partial charge in [-0.3, -0.25) is 29.4 Å². The smallest absolute Gasteiger partial charge is 0.321 e. The number of nitrogens with one attached hydrogen (secondary N) is 2. The summed E-state index contributed by atoms with van der Waals surface area (Å²) >= 11 is 0. The van der Waals surface area contributed by atoms with Crippen LogP contribution in [0.25, 0.3) is 0 Å². The molecule has 25 heavy (non-hydrogen) atoms. The van der Waals surface area contributed by atoms with E-state index in [1.165, 1.54) is 14.0 Å². The van der Waals surface area contributed by atoms with Crippen LogP contribution in [-0.4, -0.2) is 54.3 Å². The molecule has 0 aromatic heterocycles. The van der Waals surface area contributed by atoms with Crippen LogP contribution in [0.4, 0.5) is 4.79 Å². The molecule has 9 nitrogen and oxygen atoms in total. The topological polar surface area (TPSA) is 122 Å². The second-order valence-electron chi connectivity index (χ2n) is 6.28. The lowest BCUT2D eigenvalue weighted by molar-refractivity contribution is -0.155. The van der Waals surface area contributed by atoms with Crippen LogP contribution < -0.4 is 10.6 Å². The van der Waals surface area contributed by atoms with E-state index >= 15 is 0 Å². The molecule has 2 N–H and O–H groups in total. The van der Waals surface area contributed by atoms with Crippen LogP contribution in [0.15, 0.2) is 0 Å². The van der Waals surface area contributed by atoms with Crippen LogP contribution in [0.3, 0.4) is 0 Å². The highest BCUT2D eigenvalue weighted by molar-refractivity contribution is 6.05. The van der Waals surface area contributed by atoms with E-state index in [-0.39, 0.29) is 36.6 Å². The minimum atomic E-state index is -1.16. The van der Waals surface area contributed by atoms with E-state index in [0.717, 1.165) is 17.7 Å². The molecule has 1 saturated carbocycles. The van der Waals surface area contributed by atoms with Gasteiger partial charge in [0.15, 0.2) is 6.10 Å². The molecule has 1 heterocycles. The maximum atomic E-state index is 12.3. The number of imide groups is 2. The van der Waals surface area contributed by atoms with Crippen LogP contribution in [0.5, 0.6) is 0 Å². The molecule has 138 valence electrons. The van der Waals surface area contributed by atoms with Crippen LogP contribution in [0.1, 0.15) is 39.0 Å². The van der Waals surface area contributed by atoms with Gasteiger partial charge >= 0.3 is 12.0 Å². The first kappa shape index (κ1) is 18.9. The summed E-state index contributed by atoms with van der Waals surface area (Å²) in [5, 5.41) is 4.20. The fraction of sp³-hybridized carbons (Fsp3) is 0.688. The van der Waals surface area contributed by atoms with Crippen molar-refractivity contribution in [1.29, 1.82) is 0 Å². The van der Waals surface area contributed by atoms with Crippen molar-refractivity contribution in [3.63, 3.8) is 0 Å². The minimum absolute atomic E-state index is 0.0483. The van der Waals surface area contributed by atoms with Gasteiger partial charge in [-0.1, -0.05) is 12.8 Å². The fourth-order valence-corrected chi connectivity index (χ4v) is 3.24. The number of carbonyl (C=O) groups excluding carboxylic acids is 5. The van der Waals surface area contributed by atoms with Crippen LogP contribution >= 0.6 is 0 Å². The molecule has 0 aromatic carbocycles. The maximum absolute atomic E-state index is 12.3. The molecule has 1 saturated heterocycles. The molecule has 0 bridgehead atoms. The minimum Gasteiger partial charge on any atom is -0.452 e. The van der Waals surface area contributed by atoms with Gasteiger partial charge in [0.2, 0.25) is 11.8 Å². The lowest BCUT2D eigenvalue weighted by Gasteiger charge is -2.19. The Morgan fingerprint density at radius 1 is 1.16 bits per heavy atom. The second-order valence-corrected chi connectivity index (χ2v) is 6.28. The number of esters is 1. The van der Waals surface area contributed by atoms with E-state index in [0.29, 0.717) is 12.8 Å². The van der Waals surface area contributed by atoms with E-state index in [1.807, 2.05) is 5.32 Å². The maximum Gasteiger partial charge on any atom is 0.321 e. The molecule has 0 aromatic rings. The molecule has 2 rings (SSSR count). The van der Waals surface area contributed by atoms with Crippen molar-refractivity contribution in [3.8, 4) is 0 Å². The number of carbonyl (C=O) groups is 5. The van der Waals surface area contributed by atoms with Crippen molar-refractivity contribution in [2.75, 3.05) is 13.6 Å². The Bertz CT molecular complexity index is 566. The number of ether oxygens (including phenoxy) is 1. The van der Waals surface area contributed by atoms with Gasteiger partial charge in [0.25, 0.3) is 5.91 Å². The van der Waals surface area contributed by atoms with Gasteiger partial charge in [0.05, 0.1) is 18.3 Å². The number of likely N-dealkylation sites (tertiary alicyclic amines) is 1. The number of rotatable bonds is 5. The summed E-state index contributed by atoms with van der Waals surface area (Å²) in [5.41, 5.74) is 0. The molecule has 0 unspecified atom stereocenters. The summed E-state index contributed by atoms with van der Waals surface area (Å²) in [6.45, 7) is 1.28. The molecule has 5 amide bonds. The Hall–Kier alpha value is -2.45. The van der Waals surface area contributed by atoms with Crippen molar-refractivity contribution in [3.05, 3.63) is 0 Å². The van der Waals surface area contributed by atoms with Crippen LogP contribution in [0.2, 0.25) is 0 Å². The summed E-state index contributed by atoms with van der Waals surface area (Å²) < 4.78 is 4.93. The van der Waals surface area contributed by atoms with Crippen LogP contribution in [0, 0.1) is 11.8 Å². The zero-order valence-electron chi connectivity index (χ0n) is 14.4. The zero-order valence-corrected chi connectivity index (χ0v) is 14.4. The van der Waals surface area contributed by atoms with E-state index in [1.54, 1.807) is 0 Å². The summed E-state index contributed by atoms with van der Waals surface area (Å²) in [7, 11) is 1.35. The first-order chi connectivity index (χ1) is 11.8. The third-order valence-corrected chi connectivity index (χ3v) is 4.61. The number of nitrogens with zero attached hydrogens (tertiary/aromatic N) is 1. The normalized spacial score (nSPS) is 23.7. The molecular weight excluding hydrogens is 330 g/mol. The predicted molar refractivity (Wildman–Crippen MR) is 84.9 cm³/mol. The van der Waals surface area contributed by atoms with Crippen molar-refractivity contribution in [1.82, 2.24) is 15.5 Å². The number of hydrogen-bond donors (Lipinski definition) is 2. The van der Waals surface area contributed by atoms with Crippen molar-refractivity contribution in [2.45, 2.75) is 45.1 Å². The molecule has 1 aliphatic carbocycles. The predicted octanol–water partition coefficient (Wildman–Crippen LogP) is -0.0610. The summed E-state index contributed by atoms with van der Waals surface area (Å²) in [4.78, 5) is 60.2. The van der Waals surface area contributed by atoms with Crippen molar-refractivity contribution in [2.24, 2.45) is 11.8 Å². The molecule has 2 aliphatic rings. The van der Waals surface area contributed by atoms with Crippen molar-refractivity contribution < 1.29 is 28.7 Å². The van der Waals surface area contributed by atoms with Crippen LogP contribution in [-0.2, 0) is 23.9 Å². The van der Waals surface area contributed by atoms with E-state index in [9.17, 15) is 24.0 Å². The molecule has 3 atom stereocenters. The molecule has 0 radical (unpaired) electrons. The van der Waals surface area contributed by atoms with Gasteiger partial charge in [-0.15, -0.1) is 0 Å². The third-order valence-electron chi connectivity index (χ3n) is 4.61. The lowest BCUT2D eigenvalue weighted by atomic mass is 9.81. The highest BCUT2D eigenvalue weighted by atomic mass is 16.5. The average Bonchev–Trinajstić information content (AvgIpc) is 2.84. The fourth-order valence-electron chi connectivity index (χ4n) is 3.24. The van der Waals surface area contributed by atoms with Gasteiger partial charge < -0.3 is 10.1 Å². The van der Waals surface area contributed by atoms with E-state index in [2.05, 4.69) is 5.32 Å². The molecule has 1 aliphatic heterocycles. The lowest BCUT2D eigenvalue weighted by Crippen LogP contribution is -2.43. The Balaban J connectivity index is 1.81. The monoisotopic (exact) mass is 353 g/mol. The first-order valence-corrected chi connectivity index (χ1v) is 8.42. The largest absolute Gasteiger partial charge is 0.452 e. The van der Waals surface area contributed by atoms with Gasteiger partial charge in [0.1, 0.15) is 0 Å². The second kappa shape index (κ2) is 8.09. The molecule has 2 fully saturated rings. The Kier molecular flexibility index (Phi) is 6.11. The molecule has 0 spiro atoms. The zero-order chi connectivity index (χ0) is 18.6. The Labute approximate surface area is 145 Å². The molecule has 9 heteroatoms. The average molecular weight is 353 g/mol. The SMILES string of the molecule is CNC(=O)NC(=O)[C@@H](C)OC(=O)CCN1C(=O)[C@H]2CCCC[C@H]2C1=O. The molecular formula is C16H23N3O6. The summed E-state index contributed by atoms with van der Waals surface area (Å²) in [6, 6.07) is -0.705. The number of urea groups is 1. The van der Waals surface area contributed by atoms with E-state index in [4.69, 9.17) is 4.74 Å².